The van der Waals surface area contributed by atoms with Crippen LogP contribution in [0.25, 0.3) is 22.3 Å². The summed E-state index contributed by atoms with van der Waals surface area (Å²) in [6.07, 6.45) is 0. The van der Waals surface area contributed by atoms with Gasteiger partial charge in [0.1, 0.15) is 11.5 Å². The molecule has 0 amide bonds. The van der Waals surface area contributed by atoms with E-state index < -0.39 is 0 Å². The van der Waals surface area contributed by atoms with E-state index in [1.165, 1.54) is 33.4 Å². The molecule has 0 atom stereocenters. The number of rotatable bonds is 6. The van der Waals surface area contributed by atoms with Crippen LogP contribution in [0.5, 0.6) is 11.5 Å². The highest BCUT2D eigenvalue weighted by atomic mass is 16.5. The molecule has 0 aliphatic rings. The average Bonchev–Trinajstić information content (AvgIpc) is 2.79. The maximum Gasteiger partial charge on any atom is 0.131 e. The molecule has 0 bridgehead atoms. The Hall–Kier alpha value is -3.32. The van der Waals surface area contributed by atoms with E-state index in [9.17, 15) is 0 Å². The summed E-state index contributed by atoms with van der Waals surface area (Å²) >= 11 is 0. The highest BCUT2D eigenvalue weighted by Crippen LogP contribution is 2.42. The van der Waals surface area contributed by atoms with Gasteiger partial charge in [0.2, 0.25) is 0 Å². The van der Waals surface area contributed by atoms with Gasteiger partial charge in [0, 0.05) is 11.1 Å². The molecule has 0 saturated carbocycles. The second-order valence-electron chi connectivity index (χ2n) is 8.58. The molecular formula is C30H30O. The number of hydrogen-bond acceptors (Lipinski definition) is 1. The molecule has 1 nitrogen and oxygen atoms in total. The van der Waals surface area contributed by atoms with Crippen molar-refractivity contribution in [3.63, 3.8) is 0 Å². The molecule has 0 N–H and O–H groups in total. The molecule has 0 aromatic heterocycles. The molecule has 0 fully saturated rings. The molecule has 0 spiro atoms. The predicted molar refractivity (Wildman–Crippen MR) is 132 cm³/mol. The summed E-state index contributed by atoms with van der Waals surface area (Å²) in [5, 5.41) is 0. The average molecular weight is 407 g/mol. The molecule has 4 aromatic carbocycles. The molecule has 0 heterocycles. The molecule has 0 radical (unpaired) electrons. The van der Waals surface area contributed by atoms with Gasteiger partial charge in [-0.15, -0.1) is 0 Å². The van der Waals surface area contributed by atoms with E-state index in [2.05, 4.69) is 125 Å². The van der Waals surface area contributed by atoms with Crippen molar-refractivity contribution < 1.29 is 4.74 Å². The van der Waals surface area contributed by atoms with Crippen LogP contribution in [-0.2, 0) is 0 Å². The van der Waals surface area contributed by atoms with Gasteiger partial charge in [-0.2, -0.15) is 0 Å². The lowest BCUT2D eigenvalue weighted by molar-refractivity contribution is 0.465. The first-order chi connectivity index (χ1) is 15.1. The van der Waals surface area contributed by atoms with Crippen molar-refractivity contribution >= 4 is 0 Å². The third kappa shape index (κ3) is 4.41. The third-order valence-corrected chi connectivity index (χ3v) is 5.68. The minimum atomic E-state index is 0.339. The van der Waals surface area contributed by atoms with Gasteiger partial charge >= 0.3 is 0 Å². The quantitative estimate of drug-likeness (QED) is 0.310. The van der Waals surface area contributed by atoms with E-state index in [1.807, 2.05) is 0 Å². The van der Waals surface area contributed by atoms with Gasteiger partial charge in [-0.3, -0.25) is 0 Å². The van der Waals surface area contributed by atoms with Gasteiger partial charge in [0.15, 0.2) is 0 Å². The van der Waals surface area contributed by atoms with Gasteiger partial charge < -0.3 is 4.74 Å². The first-order valence-corrected chi connectivity index (χ1v) is 11.1. The maximum absolute atomic E-state index is 6.69. The van der Waals surface area contributed by atoms with Gasteiger partial charge in [-0.05, 0) is 46.2 Å². The fraction of sp³-hybridized carbons (Fsp3) is 0.200. The van der Waals surface area contributed by atoms with Crippen molar-refractivity contribution in [2.75, 3.05) is 0 Å². The van der Waals surface area contributed by atoms with Gasteiger partial charge in [-0.25, -0.2) is 0 Å². The van der Waals surface area contributed by atoms with Crippen molar-refractivity contribution in [2.24, 2.45) is 0 Å². The second kappa shape index (κ2) is 9.22. The Morgan fingerprint density at radius 2 is 0.839 bits per heavy atom. The molecule has 0 saturated heterocycles. The Bertz CT molecular complexity index is 1050. The lowest BCUT2D eigenvalue weighted by atomic mass is 9.90. The van der Waals surface area contributed by atoms with Crippen LogP contribution in [0.4, 0.5) is 0 Å². The van der Waals surface area contributed by atoms with Crippen LogP contribution < -0.4 is 4.74 Å². The summed E-state index contributed by atoms with van der Waals surface area (Å²) in [7, 11) is 0. The monoisotopic (exact) mass is 406 g/mol. The van der Waals surface area contributed by atoms with Crippen molar-refractivity contribution in [2.45, 2.75) is 39.5 Å². The first-order valence-electron chi connectivity index (χ1n) is 11.1. The summed E-state index contributed by atoms with van der Waals surface area (Å²) in [4.78, 5) is 0. The second-order valence-corrected chi connectivity index (χ2v) is 8.58. The topological polar surface area (TPSA) is 9.23 Å². The fourth-order valence-corrected chi connectivity index (χ4v) is 4.31. The van der Waals surface area contributed by atoms with E-state index in [0.29, 0.717) is 11.8 Å². The summed E-state index contributed by atoms with van der Waals surface area (Å²) in [6.45, 7) is 8.94. The molecule has 0 aliphatic heterocycles. The highest BCUT2D eigenvalue weighted by molar-refractivity contribution is 5.73. The number of hydrogen-bond donors (Lipinski definition) is 0. The molecular weight excluding hydrogens is 376 g/mol. The van der Waals surface area contributed by atoms with Gasteiger partial charge in [0.25, 0.3) is 0 Å². The van der Waals surface area contributed by atoms with Crippen molar-refractivity contribution in [1.29, 1.82) is 0 Å². The summed E-state index contributed by atoms with van der Waals surface area (Å²) in [5.41, 5.74) is 7.40. The minimum absolute atomic E-state index is 0.339. The van der Waals surface area contributed by atoms with Crippen LogP contribution >= 0.6 is 0 Å². The Morgan fingerprint density at radius 1 is 0.452 bits per heavy atom. The molecule has 0 unspecified atom stereocenters. The van der Waals surface area contributed by atoms with Crippen LogP contribution in [0.1, 0.15) is 50.7 Å². The largest absolute Gasteiger partial charge is 0.457 e. The number of benzene rings is 4. The van der Waals surface area contributed by atoms with Crippen LogP contribution in [0.3, 0.4) is 0 Å². The van der Waals surface area contributed by atoms with E-state index in [1.54, 1.807) is 0 Å². The van der Waals surface area contributed by atoms with E-state index in [-0.39, 0.29) is 0 Å². The smallest absolute Gasteiger partial charge is 0.131 e. The Labute approximate surface area is 186 Å². The van der Waals surface area contributed by atoms with E-state index in [4.69, 9.17) is 4.74 Å². The van der Waals surface area contributed by atoms with Crippen LogP contribution in [-0.4, -0.2) is 0 Å². The van der Waals surface area contributed by atoms with Crippen molar-refractivity contribution in [1.82, 2.24) is 0 Å². The predicted octanol–water partition coefficient (Wildman–Crippen LogP) is 9.06. The standard InChI is InChI=1S/C30H30O/c1-21(2)29-25(23-13-7-5-8-14-23)17-11-19-27(29)31-28-20-12-18-26(30(28)22(3)4)24-15-9-6-10-16-24/h5-22H,1-4H3. The Kier molecular flexibility index (Phi) is 6.23. The zero-order valence-electron chi connectivity index (χ0n) is 18.8. The summed E-state index contributed by atoms with van der Waals surface area (Å²) in [6, 6.07) is 33.9. The van der Waals surface area contributed by atoms with Crippen molar-refractivity contribution in [3.8, 4) is 33.8 Å². The lowest BCUT2D eigenvalue weighted by Gasteiger charge is -2.22. The zero-order chi connectivity index (χ0) is 21.8. The normalized spacial score (nSPS) is 11.2. The zero-order valence-corrected chi connectivity index (χ0v) is 18.8. The van der Waals surface area contributed by atoms with Crippen LogP contribution in [0.2, 0.25) is 0 Å². The van der Waals surface area contributed by atoms with Crippen LogP contribution in [0.15, 0.2) is 97.1 Å². The molecule has 31 heavy (non-hydrogen) atoms. The third-order valence-electron chi connectivity index (χ3n) is 5.68. The maximum atomic E-state index is 6.69. The van der Waals surface area contributed by atoms with E-state index >= 15 is 0 Å². The SMILES string of the molecule is CC(C)c1c(Oc2cccc(-c3ccccc3)c2C(C)C)cccc1-c1ccccc1. The highest BCUT2D eigenvalue weighted by Gasteiger charge is 2.19. The van der Waals surface area contributed by atoms with Crippen molar-refractivity contribution in [3.05, 3.63) is 108 Å². The van der Waals surface area contributed by atoms with Crippen LogP contribution in [0, 0.1) is 0 Å². The number of ether oxygens (including phenoxy) is 1. The minimum Gasteiger partial charge on any atom is -0.457 e. The van der Waals surface area contributed by atoms with E-state index in [0.717, 1.165) is 11.5 Å². The Balaban J connectivity index is 1.84. The first kappa shape index (κ1) is 20.9. The fourth-order valence-electron chi connectivity index (χ4n) is 4.31. The lowest BCUT2D eigenvalue weighted by Crippen LogP contribution is -2.01. The summed E-state index contributed by atoms with van der Waals surface area (Å²) < 4.78 is 6.69. The molecule has 4 rings (SSSR count). The summed E-state index contributed by atoms with van der Waals surface area (Å²) in [5.74, 6) is 2.55. The molecule has 4 aromatic rings. The Morgan fingerprint density at radius 3 is 1.19 bits per heavy atom. The molecule has 156 valence electrons. The van der Waals surface area contributed by atoms with Gasteiger partial charge in [0.05, 0.1) is 0 Å². The molecule has 0 aliphatic carbocycles. The molecule has 1 heteroatoms. The van der Waals surface area contributed by atoms with Gasteiger partial charge in [-0.1, -0.05) is 113 Å².